The Hall–Kier alpha value is -2.73. The molecular weight excluding hydrogens is 495 g/mol. The van der Waals surface area contributed by atoms with E-state index in [4.69, 9.17) is 23.2 Å². The minimum atomic E-state index is -0.559. The first-order valence-corrected chi connectivity index (χ1v) is 13.2. The molecule has 0 saturated carbocycles. The van der Waals surface area contributed by atoms with Crippen molar-refractivity contribution in [3.63, 3.8) is 0 Å². The van der Waals surface area contributed by atoms with Crippen molar-refractivity contribution in [2.45, 2.75) is 43.3 Å². The molecule has 0 aromatic heterocycles. The molecule has 3 aliphatic heterocycles. The van der Waals surface area contributed by atoms with Crippen LogP contribution in [0.4, 0.5) is 0 Å². The van der Waals surface area contributed by atoms with Gasteiger partial charge in [-0.25, -0.2) is 0 Å². The number of amides is 1. The Balaban J connectivity index is 1.34. The van der Waals surface area contributed by atoms with Crippen LogP contribution in [-0.2, 0) is 17.6 Å². The maximum Gasteiger partial charge on any atom is 0.240 e. The van der Waals surface area contributed by atoms with Gasteiger partial charge in [0.05, 0.1) is 17.6 Å². The second-order valence-corrected chi connectivity index (χ2v) is 11.1. The molecule has 2 aromatic carbocycles. The highest BCUT2D eigenvalue weighted by atomic mass is 35.5. The van der Waals surface area contributed by atoms with Crippen LogP contribution >= 0.6 is 23.2 Å². The highest BCUT2D eigenvalue weighted by Crippen LogP contribution is 2.54. The van der Waals surface area contributed by atoms with Crippen LogP contribution in [0.1, 0.15) is 24.0 Å². The number of nitrogens with zero attached hydrogens (tertiary/aromatic N) is 2. The fourth-order valence-electron chi connectivity index (χ4n) is 6.63. The second kappa shape index (κ2) is 8.98. The molecule has 0 spiro atoms. The average Bonchev–Trinajstić information content (AvgIpc) is 3.33. The third-order valence-electron chi connectivity index (χ3n) is 8.25. The molecule has 1 aliphatic carbocycles. The number of halogens is 2. The van der Waals surface area contributed by atoms with E-state index in [-0.39, 0.29) is 35.4 Å². The number of carbonyl (C=O) groups is 1. The van der Waals surface area contributed by atoms with Crippen molar-refractivity contribution in [3.8, 4) is 0 Å². The summed E-state index contributed by atoms with van der Waals surface area (Å²) in [6.07, 6.45) is 8.43. The molecule has 36 heavy (non-hydrogen) atoms. The molecule has 2 N–H and O–H groups in total. The van der Waals surface area contributed by atoms with Gasteiger partial charge < -0.3 is 15.1 Å². The van der Waals surface area contributed by atoms with E-state index in [1.54, 1.807) is 12.2 Å². The summed E-state index contributed by atoms with van der Waals surface area (Å²) in [7, 11) is 0. The van der Waals surface area contributed by atoms with Crippen molar-refractivity contribution in [2.75, 3.05) is 13.1 Å². The maximum atomic E-state index is 13.8. The van der Waals surface area contributed by atoms with E-state index >= 15 is 0 Å². The van der Waals surface area contributed by atoms with E-state index in [2.05, 4.69) is 23.1 Å². The zero-order valence-electron chi connectivity index (χ0n) is 19.8. The van der Waals surface area contributed by atoms with Gasteiger partial charge in [0.15, 0.2) is 11.5 Å². The number of carbonyl (C=O) groups excluding carboxylic acids is 1. The lowest BCUT2D eigenvalue weighted by molar-refractivity contribution is -0.143. The summed E-state index contributed by atoms with van der Waals surface area (Å²) in [5, 5.41) is 22.3. The summed E-state index contributed by atoms with van der Waals surface area (Å²) >= 11 is 13.2. The zero-order chi connectivity index (χ0) is 25.0. The van der Waals surface area contributed by atoms with Gasteiger partial charge in [0.1, 0.15) is 0 Å². The molecule has 2 unspecified atom stereocenters. The van der Waals surface area contributed by atoms with Crippen molar-refractivity contribution in [1.29, 1.82) is 0 Å². The number of hydrogen-bond donors (Lipinski definition) is 2. The van der Waals surface area contributed by atoms with Crippen LogP contribution in [0.15, 0.2) is 83.9 Å². The number of fused-ring (bicyclic) bond motifs is 1. The molecule has 2 bridgehead atoms. The van der Waals surface area contributed by atoms with Crippen LogP contribution in [0.25, 0.3) is 0 Å². The summed E-state index contributed by atoms with van der Waals surface area (Å²) in [5.74, 6) is -0.329. The molecule has 186 valence electrons. The first-order valence-electron chi connectivity index (χ1n) is 12.5. The molecule has 1 amide bonds. The van der Waals surface area contributed by atoms with E-state index in [1.807, 2.05) is 41.3 Å². The Morgan fingerprint density at radius 2 is 1.72 bits per heavy atom. The Morgan fingerprint density at radius 3 is 2.47 bits per heavy atom. The second-order valence-electron chi connectivity index (χ2n) is 10.2. The quantitative estimate of drug-likeness (QED) is 0.514. The van der Waals surface area contributed by atoms with Crippen LogP contribution < -0.4 is 0 Å². The highest BCUT2D eigenvalue weighted by molar-refractivity contribution is 6.36. The van der Waals surface area contributed by atoms with Crippen molar-refractivity contribution in [2.24, 2.45) is 5.92 Å². The maximum absolute atomic E-state index is 13.8. The third-order valence-corrected chi connectivity index (χ3v) is 8.95. The minimum absolute atomic E-state index is 0.0721. The molecule has 0 radical (unpaired) electrons. The fourth-order valence-corrected chi connectivity index (χ4v) is 7.16. The predicted molar refractivity (Wildman–Crippen MR) is 141 cm³/mol. The lowest BCUT2D eigenvalue weighted by Gasteiger charge is -2.46. The average molecular weight is 523 g/mol. The van der Waals surface area contributed by atoms with E-state index in [0.717, 1.165) is 24.0 Å². The molecule has 2 aromatic rings. The smallest absolute Gasteiger partial charge is 0.240 e. The number of aliphatic hydroxyl groups is 2. The van der Waals surface area contributed by atoms with Gasteiger partial charge in [0.2, 0.25) is 5.91 Å². The summed E-state index contributed by atoms with van der Waals surface area (Å²) in [4.78, 5) is 18.1. The minimum Gasteiger partial charge on any atom is -0.504 e. The Bertz CT molecular complexity index is 1280. The van der Waals surface area contributed by atoms with Gasteiger partial charge in [0.25, 0.3) is 0 Å². The molecule has 4 atom stereocenters. The van der Waals surface area contributed by atoms with Gasteiger partial charge in [0, 0.05) is 29.1 Å². The van der Waals surface area contributed by atoms with Gasteiger partial charge in [-0.05, 0) is 66.7 Å². The zero-order valence-corrected chi connectivity index (χ0v) is 21.3. The molecule has 7 heteroatoms. The van der Waals surface area contributed by atoms with E-state index in [9.17, 15) is 15.0 Å². The fraction of sp³-hybridized carbons (Fsp3) is 0.345. The van der Waals surface area contributed by atoms with Crippen LogP contribution in [0.5, 0.6) is 0 Å². The van der Waals surface area contributed by atoms with Crippen LogP contribution in [-0.4, -0.2) is 56.6 Å². The Kier molecular flexibility index (Phi) is 5.90. The van der Waals surface area contributed by atoms with E-state index in [0.29, 0.717) is 36.0 Å². The lowest BCUT2D eigenvalue weighted by Crippen LogP contribution is -2.63. The molecule has 5 nitrogen and oxygen atoms in total. The molecule has 4 aliphatic rings. The summed E-state index contributed by atoms with van der Waals surface area (Å²) < 4.78 is 0. The first-order chi connectivity index (χ1) is 17.4. The lowest BCUT2D eigenvalue weighted by atomic mass is 9.78. The standard InChI is InChI=1S/C29H28Cl2N2O3/c30-22-9-4-10-23(31)21(22)16-29-15-19-12-26(34)27(35)14-20(29)13-24-28(36)32(17-25(19)33(24)29)11-5-8-18-6-2-1-3-7-18/h1-4,6-7,9-10,12,14-15,20,24-25,34-35H,5,8,11,13,16-17H2/b26-12+,27-14+/t20?,24-,25-,29?/m0/s1. The number of rotatable bonds is 6. The van der Waals surface area contributed by atoms with Crippen LogP contribution in [0.2, 0.25) is 10.0 Å². The van der Waals surface area contributed by atoms with Gasteiger partial charge in [-0.1, -0.05) is 65.7 Å². The van der Waals surface area contributed by atoms with E-state index in [1.165, 1.54) is 5.56 Å². The van der Waals surface area contributed by atoms with Gasteiger partial charge in [-0.15, -0.1) is 0 Å². The largest absolute Gasteiger partial charge is 0.504 e. The van der Waals surface area contributed by atoms with E-state index < -0.39 is 5.54 Å². The van der Waals surface area contributed by atoms with Crippen molar-refractivity contribution < 1.29 is 15.0 Å². The summed E-state index contributed by atoms with van der Waals surface area (Å²) in [6.45, 7) is 1.23. The summed E-state index contributed by atoms with van der Waals surface area (Å²) in [5.41, 5.74) is 2.47. The molecule has 3 heterocycles. The topological polar surface area (TPSA) is 64.0 Å². The van der Waals surface area contributed by atoms with Crippen molar-refractivity contribution >= 4 is 29.1 Å². The van der Waals surface area contributed by atoms with Crippen molar-refractivity contribution in [1.82, 2.24) is 9.80 Å². The first kappa shape index (κ1) is 23.7. The summed E-state index contributed by atoms with van der Waals surface area (Å²) in [6, 6.07) is 15.4. The monoisotopic (exact) mass is 522 g/mol. The highest BCUT2D eigenvalue weighted by Gasteiger charge is 2.62. The molecular formula is C29H28Cl2N2O3. The molecule has 6 rings (SSSR count). The third kappa shape index (κ3) is 3.76. The molecule has 2 fully saturated rings. The normalized spacial score (nSPS) is 31.8. The number of benzene rings is 2. The van der Waals surface area contributed by atoms with Crippen molar-refractivity contribution in [3.05, 3.63) is 105 Å². The van der Waals surface area contributed by atoms with Gasteiger partial charge >= 0.3 is 0 Å². The Labute approximate surface area is 220 Å². The van der Waals surface area contributed by atoms with Gasteiger partial charge in [-0.3, -0.25) is 9.69 Å². The van der Waals surface area contributed by atoms with Crippen LogP contribution in [0.3, 0.4) is 0 Å². The number of aryl methyl sites for hydroxylation is 1. The number of piperazine rings is 1. The SMILES string of the molecule is O=C1[C@@H]2CC3/C=C(O)\C(O)=C/C4=CC3(Cc3c(Cl)cccc3Cl)N2[C@H]4CN1CCCc1ccccc1. The molecule has 2 saturated heterocycles. The predicted octanol–water partition coefficient (Wildman–Crippen LogP) is 5.65. The Morgan fingerprint density at radius 1 is 0.972 bits per heavy atom. The van der Waals surface area contributed by atoms with Gasteiger partial charge in [-0.2, -0.15) is 0 Å². The van der Waals surface area contributed by atoms with Crippen LogP contribution in [0, 0.1) is 5.92 Å². The number of hydrogen-bond acceptors (Lipinski definition) is 4. The number of aliphatic hydroxyl groups excluding tert-OH is 2.